The molecule has 0 unspecified atom stereocenters. The first-order valence-electron chi connectivity index (χ1n) is 6.98. The molecule has 0 saturated carbocycles. The lowest BCUT2D eigenvalue weighted by molar-refractivity contribution is 0.0953. The number of ether oxygens (including phenoxy) is 1. The number of hydrogen-bond acceptors (Lipinski definition) is 5. The van der Waals surface area contributed by atoms with Crippen LogP contribution in [0.4, 0.5) is 0 Å². The topological polar surface area (TPSA) is 92.9 Å². The number of carbonyl (C=O) groups is 1. The summed E-state index contributed by atoms with van der Waals surface area (Å²) in [5, 5.41) is 13.8. The first-order chi connectivity index (χ1) is 11.0. The standard InChI is InChI=1S/C16H17N3O4/c1-3-23-13-8-4-6-11(14(13)20)10-17-18-15(21)12-7-5-9-19(2)16(12)22/h4-10,20H,3H2,1-2H3,(H,18,21)/b17-10-. The van der Waals surface area contributed by atoms with Crippen molar-refractivity contribution in [3.8, 4) is 11.5 Å². The zero-order valence-corrected chi connectivity index (χ0v) is 12.8. The molecule has 0 aliphatic rings. The Morgan fingerprint density at radius 3 is 2.91 bits per heavy atom. The highest BCUT2D eigenvalue weighted by Crippen LogP contribution is 2.28. The molecule has 7 nitrogen and oxygen atoms in total. The molecule has 2 aromatic rings. The molecule has 1 amide bonds. The van der Waals surface area contributed by atoms with Crippen molar-refractivity contribution in [2.45, 2.75) is 6.92 Å². The van der Waals surface area contributed by atoms with Crippen molar-refractivity contribution in [1.82, 2.24) is 9.99 Å². The number of pyridine rings is 1. The Balaban J connectivity index is 2.13. The third kappa shape index (κ3) is 3.76. The molecule has 1 heterocycles. The predicted octanol–water partition coefficient (Wildman–Crippen LogP) is 1.25. The zero-order valence-electron chi connectivity index (χ0n) is 12.8. The van der Waals surface area contributed by atoms with Crippen molar-refractivity contribution in [2.75, 3.05) is 6.61 Å². The summed E-state index contributed by atoms with van der Waals surface area (Å²) in [6, 6.07) is 7.95. The zero-order chi connectivity index (χ0) is 16.8. The second-order valence-electron chi connectivity index (χ2n) is 4.66. The molecule has 23 heavy (non-hydrogen) atoms. The first-order valence-corrected chi connectivity index (χ1v) is 6.98. The summed E-state index contributed by atoms with van der Waals surface area (Å²) in [6.07, 6.45) is 2.84. The number of amides is 1. The van der Waals surface area contributed by atoms with Crippen LogP contribution in [0, 0.1) is 0 Å². The van der Waals surface area contributed by atoms with E-state index in [-0.39, 0.29) is 11.3 Å². The first kappa shape index (κ1) is 16.3. The highest BCUT2D eigenvalue weighted by molar-refractivity contribution is 5.94. The van der Waals surface area contributed by atoms with Crippen molar-refractivity contribution in [1.29, 1.82) is 0 Å². The van der Waals surface area contributed by atoms with E-state index in [4.69, 9.17) is 4.74 Å². The number of benzene rings is 1. The van der Waals surface area contributed by atoms with E-state index in [2.05, 4.69) is 10.5 Å². The number of rotatable bonds is 5. The van der Waals surface area contributed by atoms with Crippen LogP contribution >= 0.6 is 0 Å². The maximum Gasteiger partial charge on any atom is 0.276 e. The number of phenolic OH excluding ortho intramolecular Hbond substituents is 1. The van der Waals surface area contributed by atoms with E-state index in [1.54, 1.807) is 44.4 Å². The summed E-state index contributed by atoms with van der Waals surface area (Å²) in [5.74, 6) is -0.356. The van der Waals surface area contributed by atoms with E-state index < -0.39 is 11.5 Å². The number of carbonyl (C=O) groups excluding carboxylic acids is 1. The van der Waals surface area contributed by atoms with Gasteiger partial charge in [0.2, 0.25) is 0 Å². The van der Waals surface area contributed by atoms with Gasteiger partial charge in [-0.3, -0.25) is 9.59 Å². The Labute approximate surface area is 132 Å². The number of aryl methyl sites for hydroxylation is 1. The fourth-order valence-electron chi connectivity index (χ4n) is 1.91. The number of nitrogens with zero attached hydrogens (tertiary/aromatic N) is 2. The quantitative estimate of drug-likeness (QED) is 0.641. The molecule has 2 N–H and O–H groups in total. The normalized spacial score (nSPS) is 10.7. The van der Waals surface area contributed by atoms with Gasteiger partial charge in [-0.2, -0.15) is 5.10 Å². The lowest BCUT2D eigenvalue weighted by Gasteiger charge is -2.07. The van der Waals surface area contributed by atoms with Crippen LogP contribution in [0.3, 0.4) is 0 Å². The molecule has 1 aromatic heterocycles. The number of hydrogen-bond donors (Lipinski definition) is 2. The molecule has 2 rings (SSSR count). The van der Waals surface area contributed by atoms with Gasteiger partial charge in [0, 0.05) is 18.8 Å². The van der Waals surface area contributed by atoms with Crippen molar-refractivity contribution in [3.05, 3.63) is 58.0 Å². The third-order valence-electron chi connectivity index (χ3n) is 3.07. The highest BCUT2D eigenvalue weighted by atomic mass is 16.5. The Morgan fingerprint density at radius 1 is 1.39 bits per heavy atom. The van der Waals surface area contributed by atoms with Gasteiger partial charge in [0.25, 0.3) is 11.5 Å². The smallest absolute Gasteiger partial charge is 0.276 e. The maximum atomic E-state index is 11.9. The summed E-state index contributed by atoms with van der Waals surface area (Å²) in [5.41, 5.74) is 2.22. The third-order valence-corrected chi connectivity index (χ3v) is 3.07. The van der Waals surface area contributed by atoms with E-state index in [0.717, 1.165) is 0 Å². The van der Waals surface area contributed by atoms with Crippen LogP contribution in [0.1, 0.15) is 22.8 Å². The van der Waals surface area contributed by atoms with Gasteiger partial charge in [0.15, 0.2) is 11.5 Å². The van der Waals surface area contributed by atoms with Gasteiger partial charge in [-0.15, -0.1) is 0 Å². The number of para-hydroxylation sites is 1. The molecular formula is C16H17N3O4. The fourth-order valence-corrected chi connectivity index (χ4v) is 1.91. The van der Waals surface area contributed by atoms with Crippen molar-refractivity contribution < 1.29 is 14.6 Å². The van der Waals surface area contributed by atoms with Gasteiger partial charge < -0.3 is 14.4 Å². The van der Waals surface area contributed by atoms with E-state index in [0.29, 0.717) is 17.9 Å². The van der Waals surface area contributed by atoms with Crippen molar-refractivity contribution in [3.63, 3.8) is 0 Å². The molecule has 1 aromatic carbocycles. The fraction of sp³-hybridized carbons (Fsp3) is 0.188. The molecule has 7 heteroatoms. The molecular weight excluding hydrogens is 298 g/mol. The molecule has 120 valence electrons. The monoisotopic (exact) mass is 315 g/mol. The van der Waals surface area contributed by atoms with Gasteiger partial charge in [-0.25, -0.2) is 5.43 Å². The summed E-state index contributed by atoms with van der Waals surface area (Å²) < 4.78 is 6.56. The van der Waals surface area contributed by atoms with E-state index in [1.165, 1.54) is 16.8 Å². The van der Waals surface area contributed by atoms with Gasteiger partial charge in [-0.1, -0.05) is 6.07 Å². The predicted molar refractivity (Wildman–Crippen MR) is 86.0 cm³/mol. The minimum atomic E-state index is -0.622. The second-order valence-corrected chi connectivity index (χ2v) is 4.66. The summed E-state index contributed by atoms with van der Waals surface area (Å²) >= 11 is 0. The average Bonchev–Trinajstić information content (AvgIpc) is 2.53. The van der Waals surface area contributed by atoms with E-state index in [9.17, 15) is 14.7 Å². The lowest BCUT2D eigenvalue weighted by atomic mass is 10.2. The number of nitrogens with one attached hydrogen (secondary N) is 1. The van der Waals surface area contributed by atoms with E-state index in [1.807, 2.05) is 0 Å². The van der Waals surface area contributed by atoms with Crippen molar-refractivity contribution in [2.24, 2.45) is 12.1 Å². The Kier molecular flexibility index (Phi) is 5.14. The Hall–Kier alpha value is -3.09. The minimum Gasteiger partial charge on any atom is -0.504 e. The molecule has 0 spiro atoms. The Bertz CT molecular complexity index is 796. The molecule has 0 radical (unpaired) electrons. The van der Waals surface area contributed by atoms with Gasteiger partial charge >= 0.3 is 0 Å². The van der Waals surface area contributed by atoms with Crippen LogP contribution in [0.25, 0.3) is 0 Å². The van der Waals surface area contributed by atoms with Crippen LogP contribution in [0.5, 0.6) is 11.5 Å². The van der Waals surface area contributed by atoms with Gasteiger partial charge in [0.05, 0.1) is 12.8 Å². The van der Waals surface area contributed by atoms with Crippen LogP contribution in [-0.4, -0.2) is 28.4 Å². The van der Waals surface area contributed by atoms with Crippen LogP contribution < -0.4 is 15.7 Å². The number of aromatic nitrogens is 1. The van der Waals surface area contributed by atoms with Crippen molar-refractivity contribution >= 4 is 12.1 Å². The lowest BCUT2D eigenvalue weighted by Crippen LogP contribution is -2.29. The Morgan fingerprint density at radius 2 is 2.17 bits per heavy atom. The van der Waals surface area contributed by atoms with Gasteiger partial charge in [0.1, 0.15) is 5.56 Å². The summed E-state index contributed by atoms with van der Waals surface area (Å²) in [6.45, 7) is 2.23. The average molecular weight is 315 g/mol. The molecule has 0 bridgehead atoms. The highest BCUT2D eigenvalue weighted by Gasteiger charge is 2.10. The maximum absolute atomic E-state index is 11.9. The van der Waals surface area contributed by atoms with Gasteiger partial charge in [-0.05, 0) is 31.2 Å². The largest absolute Gasteiger partial charge is 0.504 e. The molecule has 0 aliphatic carbocycles. The van der Waals surface area contributed by atoms with Crippen LogP contribution in [0.15, 0.2) is 46.4 Å². The number of phenols is 1. The molecule has 0 atom stereocenters. The molecule has 0 saturated heterocycles. The summed E-state index contributed by atoms with van der Waals surface area (Å²) in [7, 11) is 1.56. The second kappa shape index (κ2) is 7.26. The molecule has 0 fully saturated rings. The number of hydrazone groups is 1. The SMILES string of the molecule is CCOc1cccc(/C=N\NC(=O)c2cccn(C)c2=O)c1O. The van der Waals surface area contributed by atoms with E-state index >= 15 is 0 Å². The van der Waals surface area contributed by atoms with Crippen LogP contribution in [-0.2, 0) is 7.05 Å². The molecule has 0 aliphatic heterocycles. The minimum absolute atomic E-state index is 0.0144. The van der Waals surface area contributed by atoms with Crippen LogP contribution in [0.2, 0.25) is 0 Å². The summed E-state index contributed by atoms with van der Waals surface area (Å²) in [4.78, 5) is 23.7. The number of aromatic hydroxyl groups is 1.